The second kappa shape index (κ2) is 8.25. The van der Waals surface area contributed by atoms with Gasteiger partial charge >= 0.3 is 5.97 Å². The SMILES string of the molecule is C=CCOCC(NC(=O)c1ccc(NC2CC2)c([N+](=O)[O-])c1)C(=O)O. The van der Waals surface area contributed by atoms with E-state index in [1.807, 2.05) is 0 Å². The highest BCUT2D eigenvalue weighted by atomic mass is 16.6. The van der Waals surface area contributed by atoms with Crippen LogP contribution in [-0.2, 0) is 9.53 Å². The summed E-state index contributed by atoms with van der Waals surface area (Å²) in [5.74, 6) is -1.99. The van der Waals surface area contributed by atoms with Gasteiger partial charge in [0.2, 0.25) is 0 Å². The first kappa shape index (κ1) is 18.4. The normalized spacial score (nSPS) is 14.4. The Morgan fingerprint density at radius 2 is 2.20 bits per heavy atom. The van der Waals surface area contributed by atoms with Gasteiger partial charge in [-0.1, -0.05) is 6.08 Å². The Morgan fingerprint density at radius 3 is 2.76 bits per heavy atom. The largest absolute Gasteiger partial charge is 0.480 e. The second-order valence-corrected chi connectivity index (χ2v) is 5.60. The molecule has 1 fully saturated rings. The molecule has 1 amide bonds. The van der Waals surface area contributed by atoms with Crippen molar-refractivity contribution in [2.24, 2.45) is 0 Å². The molecule has 1 atom stereocenters. The predicted octanol–water partition coefficient (Wildman–Crippen LogP) is 1.55. The molecule has 1 aromatic rings. The summed E-state index contributed by atoms with van der Waals surface area (Å²) in [6.07, 6.45) is 3.35. The zero-order valence-electron chi connectivity index (χ0n) is 13.4. The second-order valence-electron chi connectivity index (χ2n) is 5.60. The summed E-state index contributed by atoms with van der Waals surface area (Å²) in [5, 5.41) is 25.7. The van der Waals surface area contributed by atoms with E-state index in [0.29, 0.717) is 5.69 Å². The van der Waals surface area contributed by atoms with E-state index >= 15 is 0 Å². The van der Waals surface area contributed by atoms with Crippen molar-refractivity contribution in [3.05, 3.63) is 46.5 Å². The monoisotopic (exact) mass is 349 g/mol. The van der Waals surface area contributed by atoms with E-state index in [0.717, 1.165) is 18.9 Å². The number of carbonyl (C=O) groups is 2. The number of carbonyl (C=O) groups excluding carboxylic acids is 1. The fourth-order valence-electron chi connectivity index (χ4n) is 2.08. The van der Waals surface area contributed by atoms with Crippen LogP contribution < -0.4 is 10.6 Å². The van der Waals surface area contributed by atoms with Gasteiger partial charge in [0, 0.05) is 17.7 Å². The van der Waals surface area contributed by atoms with Gasteiger partial charge < -0.3 is 20.5 Å². The van der Waals surface area contributed by atoms with E-state index in [2.05, 4.69) is 17.2 Å². The van der Waals surface area contributed by atoms with Crippen molar-refractivity contribution >= 4 is 23.3 Å². The van der Waals surface area contributed by atoms with E-state index in [1.54, 1.807) is 0 Å². The number of nitro groups is 1. The Labute approximate surface area is 143 Å². The number of hydrogen-bond acceptors (Lipinski definition) is 6. The number of anilines is 1. The molecule has 1 aromatic carbocycles. The van der Waals surface area contributed by atoms with Crippen molar-refractivity contribution in [3.63, 3.8) is 0 Å². The maximum atomic E-state index is 12.2. The van der Waals surface area contributed by atoms with Gasteiger partial charge in [0.1, 0.15) is 5.69 Å². The van der Waals surface area contributed by atoms with Crippen LogP contribution in [0.2, 0.25) is 0 Å². The quantitative estimate of drug-likeness (QED) is 0.253. The molecule has 0 spiro atoms. The van der Waals surface area contributed by atoms with Gasteiger partial charge in [-0.3, -0.25) is 14.9 Å². The van der Waals surface area contributed by atoms with Gasteiger partial charge in [-0.25, -0.2) is 4.79 Å². The van der Waals surface area contributed by atoms with Gasteiger partial charge in [0.15, 0.2) is 6.04 Å². The van der Waals surface area contributed by atoms with Crippen molar-refractivity contribution < 1.29 is 24.4 Å². The van der Waals surface area contributed by atoms with E-state index in [-0.39, 0.29) is 30.5 Å². The summed E-state index contributed by atoms with van der Waals surface area (Å²) in [6.45, 7) is 3.35. The highest BCUT2D eigenvalue weighted by Gasteiger charge is 2.26. The van der Waals surface area contributed by atoms with E-state index in [1.165, 1.54) is 18.2 Å². The molecule has 1 saturated carbocycles. The molecule has 1 unspecified atom stereocenters. The van der Waals surface area contributed by atoms with E-state index in [9.17, 15) is 19.7 Å². The summed E-state index contributed by atoms with van der Waals surface area (Å²) in [6, 6.07) is 2.95. The molecule has 134 valence electrons. The molecule has 0 aliphatic heterocycles. The number of nitrogens with zero attached hydrogens (tertiary/aromatic N) is 1. The van der Waals surface area contributed by atoms with Crippen LogP contribution in [0.3, 0.4) is 0 Å². The summed E-state index contributed by atoms with van der Waals surface area (Å²) in [7, 11) is 0. The van der Waals surface area contributed by atoms with Crippen LogP contribution in [0.15, 0.2) is 30.9 Å². The van der Waals surface area contributed by atoms with Crippen LogP contribution in [0.25, 0.3) is 0 Å². The fraction of sp³-hybridized carbons (Fsp3) is 0.375. The van der Waals surface area contributed by atoms with Gasteiger partial charge in [-0.15, -0.1) is 6.58 Å². The number of benzene rings is 1. The summed E-state index contributed by atoms with van der Waals surface area (Å²) in [4.78, 5) is 34.0. The van der Waals surface area contributed by atoms with E-state index in [4.69, 9.17) is 9.84 Å². The van der Waals surface area contributed by atoms with Gasteiger partial charge in [0.25, 0.3) is 11.6 Å². The Kier molecular flexibility index (Phi) is 6.07. The average molecular weight is 349 g/mol. The first-order valence-corrected chi connectivity index (χ1v) is 7.69. The molecule has 9 heteroatoms. The molecule has 3 N–H and O–H groups in total. The van der Waals surface area contributed by atoms with Crippen LogP contribution in [0.5, 0.6) is 0 Å². The minimum atomic E-state index is -1.27. The Balaban J connectivity index is 2.11. The average Bonchev–Trinajstić information content (AvgIpc) is 3.37. The van der Waals surface area contributed by atoms with Crippen molar-refractivity contribution in [2.45, 2.75) is 24.9 Å². The van der Waals surface area contributed by atoms with Gasteiger partial charge in [-0.2, -0.15) is 0 Å². The Hall–Kier alpha value is -2.94. The number of nitrogens with one attached hydrogen (secondary N) is 2. The highest BCUT2D eigenvalue weighted by molar-refractivity contribution is 5.97. The molecule has 0 bridgehead atoms. The number of rotatable bonds is 10. The maximum Gasteiger partial charge on any atom is 0.328 e. The van der Waals surface area contributed by atoms with Crippen molar-refractivity contribution in [1.29, 1.82) is 0 Å². The lowest BCUT2D eigenvalue weighted by atomic mass is 10.1. The fourth-order valence-corrected chi connectivity index (χ4v) is 2.08. The smallest absolute Gasteiger partial charge is 0.328 e. The minimum Gasteiger partial charge on any atom is -0.480 e. The van der Waals surface area contributed by atoms with E-state index < -0.39 is 22.8 Å². The third kappa shape index (κ3) is 5.28. The number of carboxylic acids is 1. The lowest BCUT2D eigenvalue weighted by molar-refractivity contribution is -0.384. The zero-order chi connectivity index (χ0) is 18.4. The lowest BCUT2D eigenvalue weighted by Gasteiger charge is -2.14. The zero-order valence-corrected chi connectivity index (χ0v) is 13.4. The third-order valence-corrected chi connectivity index (χ3v) is 3.52. The number of nitro benzene ring substituents is 1. The number of hydrogen-bond donors (Lipinski definition) is 3. The molecule has 0 aromatic heterocycles. The van der Waals surface area contributed by atoms with Crippen molar-refractivity contribution in [2.75, 3.05) is 18.5 Å². The molecule has 0 radical (unpaired) electrons. The van der Waals surface area contributed by atoms with Crippen molar-refractivity contribution in [3.8, 4) is 0 Å². The van der Waals surface area contributed by atoms with Crippen LogP contribution >= 0.6 is 0 Å². The Bertz CT molecular complexity index is 686. The molecule has 25 heavy (non-hydrogen) atoms. The predicted molar refractivity (Wildman–Crippen MR) is 89.6 cm³/mol. The number of ether oxygens (including phenoxy) is 1. The molecule has 9 nitrogen and oxygen atoms in total. The first-order chi connectivity index (χ1) is 11.9. The molecule has 1 aliphatic carbocycles. The Morgan fingerprint density at radius 1 is 1.48 bits per heavy atom. The summed E-state index contributed by atoms with van der Waals surface area (Å²) in [5.41, 5.74) is 0.116. The van der Waals surface area contributed by atoms with Crippen LogP contribution in [-0.4, -0.2) is 47.2 Å². The van der Waals surface area contributed by atoms with Crippen LogP contribution in [0.4, 0.5) is 11.4 Å². The van der Waals surface area contributed by atoms with Gasteiger partial charge in [0.05, 0.1) is 18.1 Å². The van der Waals surface area contributed by atoms with Gasteiger partial charge in [-0.05, 0) is 25.0 Å². The molecule has 0 saturated heterocycles. The highest BCUT2D eigenvalue weighted by Crippen LogP contribution is 2.31. The first-order valence-electron chi connectivity index (χ1n) is 7.69. The van der Waals surface area contributed by atoms with Crippen LogP contribution in [0, 0.1) is 10.1 Å². The molecule has 2 rings (SSSR count). The summed E-state index contributed by atoms with van der Waals surface area (Å²) < 4.78 is 5.04. The lowest BCUT2D eigenvalue weighted by Crippen LogP contribution is -2.44. The third-order valence-electron chi connectivity index (χ3n) is 3.52. The van der Waals surface area contributed by atoms with Crippen molar-refractivity contribution in [1.82, 2.24) is 5.32 Å². The summed E-state index contributed by atoms with van der Waals surface area (Å²) >= 11 is 0. The molecule has 0 heterocycles. The number of aliphatic carboxylic acids is 1. The molecular formula is C16H19N3O6. The standard InChI is InChI=1S/C16H19N3O6/c1-2-7-25-9-13(16(21)22)18-15(20)10-3-6-12(17-11-4-5-11)14(8-10)19(23)24/h2-3,6,8,11,13,17H,1,4-5,7,9H2,(H,18,20)(H,21,22). The maximum absolute atomic E-state index is 12.2. The number of carboxylic acid groups (broad SMARTS) is 1. The minimum absolute atomic E-state index is 0.00279. The molecule has 1 aliphatic rings. The molecular weight excluding hydrogens is 330 g/mol. The number of amides is 1. The van der Waals surface area contributed by atoms with Crippen LogP contribution in [0.1, 0.15) is 23.2 Å². The topological polar surface area (TPSA) is 131 Å².